The Balaban J connectivity index is 1.65. The van der Waals surface area contributed by atoms with Crippen LogP contribution in [-0.2, 0) is 14.3 Å². The summed E-state index contributed by atoms with van der Waals surface area (Å²) >= 11 is 0. The summed E-state index contributed by atoms with van der Waals surface area (Å²) in [7, 11) is 1.57. The average Bonchev–Trinajstić information content (AvgIpc) is 2.96. The van der Waals surface area contributed by atoms with Crippen molar-refractivity contribution in [3.63, 3.8) is 0 Å². The Kier molecular flexibility index (Phi) is 5.41. The Hall–Kier alpha value is -2.61. The van der Waals surface area contributed by atoms with Crippen LogP contribution >= 0.6 is 0 Å². The zero-order chi connectivity index (χ0) is 18.7. The summed E-state index contributed by atoms with van der Waals surface area (Å²) in [5.41, 5.74) is 0.563. The van der Waals surface area contributed by atoms with Crippen LogP contribution in [0, 0.1) is 0 Å². The molecular weight excluding hydrogens is 338 g/mol. The van der Waals surface area contributed by atoms with Crippen molar-refractivity contribution in [2.75, 3.05) is 44.8 Å². The number of carbonyl (C=O) groups excluding carboxylic acids is 3. The second-order valence-electron chi connectivity index (χ2n) is 6.37. The van der Waals surface area contributed by atoms with E-state index in [9.17, 15) is 14.4 Å². The van der Waals surface area contributed by atoms with Crippen LogP contribution in [0.15, 0.2) is 24.3 Å². The maximum Gasteiger partial charge on any atom is 0.410 e. The number of imide groups is 1. The van der Waals surface area contributed by atoms with E-state index in [1.807, 2.05) is 0 Å². The Bertz CT molecular complexity index is 683. The zero-order valence-corrected chi connectivity index (χ0v) is 15.1. The molecule has 140 valence electrons. The molecule has 3 rings (SSSR count). The molecule has 1 atom stereocenters. The fraction of sp³-hybridized carbons (Fsp3) is 0.500. The minimum absolute atomic E-state index is 0.181. The SMILES string of the molecule is CCOC(=O)N1CC[NH+]([C@H]2CC(=O)N(c3ccc(OC)cc3)C2=O)CC1. The highest BCUT2D eigenvalue weighted by Gasteiger charge is 2.46. The molecular formula is C18H24N3O5+. The lowest BCUT2D eigenvalue weighted by Gasteiger charge is -2.33. The average molecular weight is 362 g/mol. The molecule has 1 aromatic carbocycles. The summed E-state index contributed by atoms with van der Waals surface area (Å²) in [5, 5.41) is 0. The molecule has 0 bridgehead atoms. The van der Waals surface area contributed by atoms with Crippen LogP contribution in [0.2, 0.25) is 0 Å². The smallest absolute Gasteiger partial charge is 0.410 e. The molecule has 2 aliphatic heterocycles. The van der Waals surface area contributed by atoms with Gasteiger partial charge in [-0.2, -0.15) is 0 Å². The summed E-state index contributed by atoms with van der Waals surface area (Å²) < 4.78 is 10.1. The van der Waals surface area contributed by atoms with Gasteiger partial charge in [0.15, 0.2) is 6.04 Å². The Labute approximate surface area is 152 Å². The van der Waals surface area contributed by atoms with Gasteiger partial charge in [-0.1, -0.05) is 0 Å². The largest absolute Gasteiger partial charge is 0.497 e. The van der Waals surface area contributed by atoms with Crippen molar-refractivity contribution in [2.45, 2.75) is 19.4 Å². The van der Waals surface area contributed by atoms with E-state index in [-0.39, 0.29) is 24.3 Å². The van der Waals surface area contributed by atoms with Crippen LogP contribution in [0.3, 0.4) is 0 Å². The van der Waals surface area contributed by atoms with Crippen LogP contribution in [0.4, 0.5) is 10.5 Å². The molecule has 2 heterocycles. The highest BCUT2D eigenvalue weighted by Crippen LogP contribution is 2.24. The first-order chi connectivity index (χ1) is 12.5. The third kappa shape index (κ3) is 3.50. The molecule has 0 aliphatic carbocycles. The van der Waals surface area contributed by atoms with Crippen LogP contribution in [0.1, 0.15) is 13.3 Å². The Morgan fingerprint density at radius 3 is 2.42 bits per heavy atom. The van der Waals surface area contributed by atoms with Gasteiger partial charge in [0.1, 0.15) is 5.75 Å². The van der Waals surface area contributed by atoms with E-state index in [1.54, 1.807) is 43.2 Å². The van der Waals surface area contributed by atoms with E-state index in [4.69, 9.17) is 9.47 Å². The summed E-state index contributed by atoms with van der Waals surface area (Å²) in [5.74, 6) is 0.301. The van der Waals surface area contributed by atoms with E-state index in [0.29, 0.717) is 44.2 Å². The van der Waals surface area contributed by atoms with Crippen LogP contribution in [0.5, 0.6) is 5.75 Å². The second kappa shape index (κ2) is 7.74. The van der Waals surface area contributed by atoms with E-state index in [0.717, 1.165) is 4.90 Å². The number of nitrogens with one attached hydrogen (secondary N) is 1. The topological polar surface area (TPSA) is 80.6 Å². The number of amides is 3. The monoisotopic (exact) mass is 362 g/mol. The van der Waals surface area contributed by atoms with Crippen LogP contribution < -0.4 is 14.5 Å². The number of nitrogens with zero attached hydrogens (tertiary/aromatic N) is 2. The molecule has 2 aliphatic rings. The molecule has 26 heavy (non-hydrogen) atoms. The molecule has 0 radical (unpaired) electrons. The van der Waals surface area contributed by atoms with E-state index in [2.05, 4.69) is 0 Å². The van der Waals surface area contributed by atoms with Gasteiger partial charge in [-0.3, -0.25) is 14.5 Å². The zero-order valence-electron chi connectivity index (χ0n) is 15.1. The first kappa shape index (κ1) is 18.2. The Morgan fingerprint density at radius 1 is 1.19 bits per heavy atom. The number of hydrogen-bond donors (Lipinski definition) is 1. The number of benzene rings is 1. The lowest BCUT2D eigenvalue weighted by atomic mass is 10.2. The van der Waals surface area contributed by atoms with Crippen molar-refractivity contribution in [1.29, 1.82) is 0 Å². The second-order valence-corrected chi connectivity index (χ2v) is 6.37. The normalized spacial score (nSPS) is 21.2. The number of quaternary nitrogens is 1. The molecule has 0 aromatic heterocycles. The van der Waals surface area contributed by atoms with Crippen LogP contribution in [-0.4, -0.2) is 68.7 Å². The van der Waals surface area contributed by atoms with Gasteiger partial charge in [0.25, 0.3) is 5.91 Å². The number of methoxy groups -OCH3 is 1. The van der Waals surface area contributed by atoms with Gasteiger partial charge >= 0.3 is 6.09 Å². The number of hydrogen-bond acceptors (Lipinski definition) is 5. The van der Waals surface area contributed by atoms with Gasteiger partial charge in [0.05, 0.1) is 52.0 Å². The van der Waals surface area contributed by atoms with E-state index in [1.165, 1.54) is 4.90 Å². The minimum atomic E-state index is -0.394. The summed E-state index contributed by atoms with van der Waals surface area (Å²) in [6.45, 7) is 4.41. The van der Waals surface area contributed by atoms with Crippen molar-refractivity contribution in [2.24, 2.45) is 0 Å². The minimum Gasteiger partial charge on any atom is -0.497 e. The molecule has 0 saturated carbocycles. The molecule has 8 nitrogen and oxygen atoms in total. The first-order valence-electron chi connectivity index (χ1n) is 8.82. The summed E-state index contributed by atoms with van der Waals surface area (Å²) in [6, 6.07) is 6.49. The molecule has 2 fully saturated rings. The number of rotatable bonds is 4. The van der Waals surface area contributed by atoms with Gasteiger partial charge in [-0.05, 0) is 31.2 Å². The van der Waals surface area contributed by atoms with Crippen LogP contribution in [0.25, 0.3) is 0 Å². The molecule has 2 saturated heterocycles. The fourth-order valence-electron chi connectivity index (χ4n) is 3.49. The molecule has 0 spiro atoms. The van der Waals surface area contributed by atoms with Gasteiger partial charge in [-0.25, -0.2) is 9.69 Å². The fourth-order valence-corrected chi connectivity index (χ4v) is 3.49. The van der Waals surface area contributed by atoms with Crippen molar-refractivity contribution >= 4 is 23.6 Å². The van der Waals surface area contributed by atoms with Crippen molar-refractivity contribution in [1.82, 2.24) is 4.90 Å². The Morgan fingerprint density at radius 2 is 1.85 bits per heavy atom. The van der Waals surface area contributed by atoms with Gasteiger partial charge < -0.3 is 14.4 Å². The third-order valence-corrected chi connectivity index (χ3v) is 4.90. The van der Waals surface area contributed by atoms with Crippen molar-refractivity contribution < 1.29 is 28.8 Å². The van der Waals surface area contributed by atoms with Gasteiger partial charge in [0.2, 0.25) is 5.91 Å². The number of piperazine rings is 1. The number of anilines is 1. The van der Waals surface area contributed by atoms with E-state index < -0.39 is 6.04 Å². The van der Waals surface area contributed by atoms with Gasteiger partial charge in [-0.15, -0.1) is 0 Å². The molecule has 1 N–H and O–H groups in total. The summed E-state index contributed by atoms with van der Waals surface area (Å²) in [6.07, 6.45) is -0.125. The van der Waals surface area contributed by atoms with Crippen molar-refractivity contribution in [3.8, 4) is 5.75 Å². The molecule has 0 unspecified atom stereocenters. The molecule has 1 aromatic rings. The maximum atomic E-state index is 12.8. The van der Waals surface area contributed by atoms with Crippen molar-refractivity contribution in [3.05, 3.63) is 24.3 Å². The standard InChI is InChI=1S/C18H23N3O5/c1-3-26-18(24)20-10-8-19(9-11-20)15-12-16(22)21(17(15)23)13-4-6-14(25-2)7-5-13/h4-7,15H,3,8-12H2,1-2H3/p+1/t15-/m0/s1. The maximum absolute atomic E-state index is 12.8. The molecule has 8 heteroatoms. The lowest BCUT2D eigenvalue weighted by molar-refractivity contribution is -0.918. The number of ether oxygens (including phenoxy) is 2. The van der Waals surface area contributed by atoms with Gasteiger partial charge in [0, 0.05) is 0 Å². The first-order valence-corrected chi connectivity index (χ1v) is 8.82. The quantitative estimate of drug-likeness (QED) is 0.743. The highest BCUT2D eigenvalue weighted by atomic mass is 16.6. The highest BCUT2D eigenvalue weighted by molar-refractivity contribution is 6.21. The predicted octanol–water partition coefficient (Wildman–Crippen LogP) is -0.316. The molecule has 3 amide bonds. The third-order valence-electron chi connectivity index (χ3n) is 4.90. The van der Waals surface area contributed by atoms with E-state index >= 15 is 0 Å². The predicted molar refractivity (Wildman–Crippen MR) is 93.2 cm³/mol. The number of carbonyl (C=O) groups is 3. The lowest BCUT2D eigenvalue weighted by Crippen LogP contribution is -3.19. The summed E-state index contributed by atoms with van der Waals surface area (Å²) in [4.78, 5) is 41.0.